The van der Waals surface area contributed by atoms with Crippen molar-refractivity contribution in [3.05, 3.63) is 29.3 Å². The molecule has 6 heteroatoms. The first-order chi connectivity index (χ1) is 9.36. The van der Waals surface area contributed by atoms with Gasteiger partial charge in [-0.05, 0) is 43.4 Å². The van der Waals surface area contributed by atoms with Gasteiger partial charge in [0.2, 0.25) is 0 Å². The molecular formula is C14H15F3N2S. The van der Waals surface area contributed by atoms with Gasteiger partial charge < -0.3 is 10.6 Å². The molecule has 2 bridgehead atoms. The van der Waals surface area contributed by atoms with E-state index in [1.165, 1.54) is 18.6 Å². The summed E-state index contributed by atoms with van der Waals surface area (Å²) >= 11 is 4.71. The van der Waals surface area contributed by atoms with Crippen LogP contribution < -0.4 is 10.6 Å². The highest BCUT2D eigenvalue weighted by molar-refractivity contribution is 7.80. The molecule has 2 atom stereocenters. The molecule has 0 aromatic heterocycles. The van der Waals surface area contributed by atoms with Gasteiger partial charge in [0.05, 0.1) is 5.56 Å². The van der Waals surface area contributed by atoms with Gasteiger partial charge in [0.1, 0.15) is 4.99 Å². The second-order valence-electron chi connectivity index (χ2n) is 5.58. The Hall–Kier alpha value is -1.30. The minimum Gasteiger partial charge on any atom is -0.389 e. The van der Waals surface area contributed by atoms with Crippen molar-refractivity contribution in [1.29, 1.82) is 0 Å². The summed E-state index contributed by atoms with van der Waals surface area (Å²) in [5.74, 6) is 0.629. The number of rotatable bonds is 2. The molecule has 1 heterocycles. The van der Waals surface area contributed by atoms with Gasteiger partial charge in [-0.1, -0.05) is 12.2 Å². The molecule has 2 nitrogen and oxygen atoms in total. The Morgan fingerprint density at radius 1 is 1.30 bits per heavy atom. The van der Waals surface area contributed by atoms with Gasteiger partial charge in [0.25, 0.3) is 0 Å². The van der Waals surface area contributed by atoms with Gasteiger partial charge in [-0.2, -0.15) is 13.2 Å². The normalized spacial score (nSPS) is 25.2. The van der Waals surface area contributed by atoms with E-state index in [1.807, 2.05) is 0 Å². The topological polar surface area (TPSA) is 29.3 Å². The minimum atomic E-state index is -4.44. The second-order valence-corrected chi connectivity index (χ2v) is 6.02. The Kier molecular flexibility index (Phi) is 3.16. The number of alkyl halides is 3. The number of hydrogen-bond donors (Lipinski definition) is 1. The van der Waals surface area contributed by atoms with Gasteiger partial charge in [-0.15, -0.1) is 0 Å². The molecule has 1 aliphatic heterocycles. The van der Waals surface area contributed by atoms with E-state index in [0.717, 1.165) is 19.4 Å². The lowest BCUT2D eigenvalue weighted by atomic mass is 10.0. The molecule has 1 saturated heterocycles. The predicted molar refractivity (Wildman–Crippen MR) is 75.8 cm³/mol. The average molecular weight is 300 g/mol. The van der Waals surface area contributed by atoms with Gasteiger partial charge >= 0.3 is 6.18 Å². The number of hydrogen-bond acceptors (Lipinski definition) is 2. The maximum atomic E-state index is 13.1. The highest BCUT2D eigenvalue weighted by Gasteiger charge is 2.39. The molecule has 20 heavy (non-hydrogen) atoms. The molecule has 1 saturated carbocycles. The predicted octanol–water partition coefficient (Wildman–Crippen LogP) is 3.33. The summed E-state index contributed by atoms with van der Waals surface area (Å²) in [6.45, 7) is 0.856. The van der Waals surface area contributed by atoms with Crippen LogP contribution in [0.25, 0.3) is 0 Å². The van der Waals surface area contributed by atoms with Crippen LogP contribution in [-0.4, -0.2) is 17.6 Å². The lowest BCUT2D eigenvalue weighted by Crippen LogP contribution is -2.32. The van der Waals surface area contributed by atoms with Crippen LogP contribution in [0.2, 0.25) is 0 Å². The fraction of sp³-hybridized carbons (Fsp3) is 0.500. The third kappa shape index (κ3) is 2.26. The molecule has 1 aromatic rings. The first-order valence-corrected chi connectivity index (χ1v) is 7.05. The van der Waals surface area contributed by atoms with E-state index in [9.17, 15) is 13.2 Å². The quantitative estimate of drug-likeness (QED) is 0.850. The molecule has 1 aromatic carbocycles. The van der Waals surface area contributed by atoms with Crippen LogP contribution in [0.4, 0.5) is 18.9 Å². The van der Waals surface area contributed by atoms with E-state index in [1.54, 1.807) is 6.07 Å². The number of halogens is 3. The van der Waals surface area contributed by atoms with E-state index < -0.39 is 11.7 Å². The molecule has 108 valence electrons. The number of benzene rings is 1. The summed E-state index contributed by atoms with van der Waals surface area (Å²) in [6, 6.07) is 4.67. The SMILES string of the molecule is NC(=S)c1ccc(N2CC3CCC2C3)cc1C(F)(F)F. The Bertz CT molecular complexity index is 556. The molecular weight excluding hydrogens is 285 g/mol. The van der Waals surface area contributed by atoms with Crippen molar-refractivity contribution >= 4 is 22.9 Å². The molecule has 0 spiro atoms. The highest BCUT2D eigenvalue weighted by Crippen LogP contribution is 2.42. The standard InChI is InChI=1S/C14H15F3N2S/c15-14(16,17)12-6-10(3-4-11(12)13(18)20)19-7-8-1-2-9(19)5-8/h3-4,6,8-9H,1-2,5,7H2,(H2,18,20). The number of nitrogens with zero attached hydrogens (tertiary/aromatic N) is 1. The zero-order chi connectivity index (χ0) is 14.5. The minimum absolute atomic E-state index is 0.0967. The molecule has 2 unspecified atom stereocenters. The monoisotopic (exact) mass is 300 g/mol. The number of nitrogens with two attached hydrogens (primary N) is 1. The summed E-state index contributed by atoms with van der Waals surface area (Å²) in [5, 5.41) is 0. The van der Waals surface area contributed by atoms with Crippen molar-refractivity contribution in [3.8, 4) is 0 Å². The van der Waals surface area contributed by atoms with Crippen molar-refractivity contribution in [1.82, 2.24) is 0 Å². The fourth-order valence-corrected chi connectivity index (χ4v) is 3.58. The largest absolute Gasteiger partial charge is 0.417 e. The average Bonchev–Trinajstić information content (AvgIpc) is 2.99. The number of thiocarbonyl (C=S) groups is 1. The van der Waals surface area contributed by atoms with Gasteiger partial charge in [-0.3, -0.25) is 0 Å². The zero-order valence-corrected chi connectivity index (χ0v) is 11.6. The Morgan fingerprint density at radius 3 is 2.55 bits per heavy atom. The molecule has 2 N–H and O–H groups in total. The van der Waals surface area contributed by atoms with Crippen LogP contribution in [0.1, 0.15) is 30.4 Å². The summed E-state index contributed by atoms with van der Waals surface area (Å²) in [6.07, 6.45) is -1.08. The van der Waals surface area contributed by atoms with Gasteiger partial charge in [0.15, 0.2) is 0 Å². The number of fused-ring (bicyclic) bond motifs is 2. The molecule has 1 aliphatic carbocycles. The van der Waals surface area contributed by atoms with E-state index in [-0.39, 0.29) is 10.6 Å². The van der Waals surface area contributed by atoms with Crippen LogP contribution in [0, 0.1) is 5.92 Å². The number of piperidine rings is 1. The molecule has 2 fully saturated rings. The highest BCUT2D eigenvalue weighted by atomic mass is 32.1. The van der Waals surface area contributed by atoms with Crippen LogP contribution in [-0.2, 0) is 6.18 Å². The lowest BCUT2D eigenvalue weighted by molar-refractivity contribution is -0.137. The third-order valence-electron chi connectivity index (χ3n) is 4.31. The molecule has 3 rings (SSSR count). The van der Waals surface area contributed by atoms with Crippen molar-refractivity contribution in [3.63, 3.8) is 0 Å². The maximum Gasteiger partial charge on any atom is 0.417 e. The second kappa shape index (κ2) is 4.62. The molecule has 0 radical (unpaired) electrons. The Labute approximate surface area is 120 Å². The Morgan fingerprint density at radius 2 is 2.05 bits per heavy atom. The van der Waals surface area contributed by atoms with Crippen molar-refractivity contribution in [2.24, 2.45) is 11.7 Å². The van der Waals surface area contributed by atoms with Crippen LogP contribution >= 0.6 is 12.2 Å². The maximum absolute atomic E-state index is 13.1. The smallest absolute Gasteiger partial charge is 0.389 e. The van der Waals surface area contributed by atoms with Crippen molar-refractivity contribution in [2.45, 2.75) is 31.5 Å². The summed E-state index contributed by atoms with van der Waals surface area (Å²) in [5.41, 5.74) is 5.19. The van der Waals surface area contributed by atoms with Crippen molar-refractivity contribution in [2.75, 3.05) is 11.4 Å². The Balaban J connectivity index is 2.00. The van der Waals surface area contributed by atoms with E-state index in [0.29, 0.717) is 17.6 Å². The molecule has 2 aliphatic rings. The van der Waals surface area contributed by atoms with Crippen LogP contribution in [0.15, 0.2) is 18.2 Å². The van der Waals surface area contributed by atoms with Gasteiger partial charge in [0, 0.05) is 23.8 Å². The summed E-state index contributed by atoms with van der Waals surface area (Å²) < 4.78 is 39.4. The number of anilines is 1. The molecule has 0 amide bonds. The van der Waals surface area contributed by atoms with E-state index >= 15 is 0 Å². The van der Waals surface area contributed by atoms with Crippen molar-refractivity contribution < 1.29 is 13.2 Å². The lowest BCUT2D eigenvalue weighted by Gasteiger charge is -2.30. The summed E-state index contributed by atoms with van der Waals surface area (Å²) in [7, 11) is 0. The van der Waals surface area contributed by atoms with E-state index in [2.05, 4.69) is 4.90 Å². The fourth-order valence-electron chi connectivity index (χ4n) is 3.40. The first kappa shape index (κ1) is 13.7. The zero-order valence-electron chi connectivity index (χ0n) is 10.8. The van der Waals surface area contributed by atoms with Gasteiger partial charge in [-0.25, -0.2) is 0 Å². The van der Waals surface area contributed by atoms with Crippen LogP contribution in [0.3, 0.4) is 0 Å². The van der Waals surface area contributed by atoms with E-state index in [4.69, 9.17) is 18.0 Å². The summed E-state index contributed by atoms with van der Waals surface area (Å²) in [4.78, 5) is 1.87. The third-order valence-corrected chi connectivity index (χ3v) is 4.53. The first-order valence-electron chi connectivity index (χ1n) is 6.64. The van der Waals surface area contributed by atoms with Crippen LogP contribution in [0.5, 0.6) is 0 Å².